The second-order valence-electron chi connectivity index (χ2n) is 6.80. The van der Waals surface area contributed by atoms with Gasteiger partial charge in [-0.1, -0.05) is 24.3 Å². The number of sulfonamides is 1. The molecule has 0 unspecified atom stereocenters. The van der Waals surface area contributed by atoms with Crippen molar-refractivity contribution in [3.63, 3.8) is 0 Å². The summed E-state index contributed by atoms with van der Waals surface area (Å²) < 4.78 is 31.3. The van der Waals surface area contributed by atoms with Crippen LogP contribution in [0.15, 0.2) is 62.8 Å². The van der Waals surface area contributed by atoms with E-state index in [1.807, 2.05) is 31.2 Å². The minimum absolute atomic E-state index is 0.116. The molecule has 0 aliphatic carbocycles. The average molecular weight is 409 g/mol. The van der Waals surface area contributed by atoms with Crippen molar-refractivity contribution in [2.45, 2.75) is 11.8 Å². The zero-order valence-corrected chi connectivity index (χ0v) is 16.9. The molecule has 0 amide bonds. The van der Waals surface area contributed by atoms with Gasteiger partial charge >= 0.3 is 5.95 Å². The highest BCUT2D eigenvalue weighted by atomic mass is 32.2. The van der Waals surface area contributed by atoms with Crippen LogP contribution in [-0.4, -0.2) is 42.6 Å². The van der Waals surface area contributed by atoms with Crippen LogP contribution in [0.1, 0.15) is 18.2 Å². The topological polar surface area (TPSA) is 96.0 Å². The van der Waals surface area contributed by atoms with Crippen molar-refractivity contribution in [1.29, 1.82) is 0 Å². The Hall–Kier alpha value is -3.23. The lowest BCUT2D eigenvalue weighted by atomic mass is 10.0. The van der Waals surface area contributed by atoms with Crippen LogP contribution in [0.25, 0.3) is 23.1 Å². The van der Waals surface area contributed by atoms with Gasteiger partial charge in [-0.2, -0.15) is 0 Å². The van der Waals surface area contributed by atoms with Crippen molar-refractivity contribution >= 4 is 33.1 Å². The highest BCUT2D eigenvalue weighted by molar-refractivity contribution is 7.89. The summed E-state index contributed by atoms with van der Waals surface area (Å²) in [5.74, 6) is -0.211. The van der Waals surface area contributed by atoms with Gasteiger partial charge in [0.25, 0.3) is 0 Å². The van der Waals surface area contributed by atoms with Crippen LogP contribution in [0.4, 0.5) is 5.69 Å². The Balaban J connectivity index is 1.75. The van der Waals surface area contributed by atoms with Crippen LogP contribution in [0.5, 0.6) is 5.95 Å². The number of rotatable bonds is 4. The predicted octanol–water partition coefficient (Wildman–Crippen LogP) is 3.94. The first-order valence-corrected chi connectivity index (χ1v) is 10.3. The molecule has 0 atom stereocenters. The number of oxazole rings is 1. The molecule has 0 saturated carbocycles. The van der Waals surface area contributed by atoms with E-state index in [2.05, 4.69) is 9.98 Å². The molecule has 0 radical (unpaired) electrons. The third kappa shape index (κ3) is 3.37. The average Bonchev–Trinajstić information content (AvgIpc) is 3.22. The summed E-state index contributed by atoms with van der Waals surface area (Å²) in [6.07, 6.45) is 1.72. The lowest BCUT2D eigenvalue weighted by molar-refractivity contribution is 0.336. The van der Waals surface area contributed by atoms with Crippen LogP contribution < -0.4 is 0 Å². The van der Waals surface area contributed by atoms with E-state index in [1.165, 1.54) is 26.2 Å². The second-order valence-corrected chi connectivity index (χ2v) is 8.95. The molecule has 2 heterocycles. The minimum atomic E-state index is -3.60. The number of nitrogens with zero attached hydrogens (tertiary/aromatic N) is 3. The molecule has 4 rings (SSSR count). The lowest BCUT2D eigenvalue weighted by Gasteiger charge is -2.11. The van der Waals surface area contributed by atoms with Crippen molar-refractivity contribution in [2.75, 3.05) is 14.1 Å². The van der Waals surface area contributed by atoms with Gasteiger partial charge in [0.2, 0.25) is 15.9 Å². The smallest absolute Gasteiger partial charge is 0.310 e. The Morgan fingerprint density at radius 3 is 2.62 bits per heavy atom. The number of aromatic hydroxyl groups is 1. The molecule has 1 N–H and O–H groups in total. The predicted molar refractivity (Wildman–Crippen MR) is 112 cm³/mol. The molecular weight excluding hydrogens is 390 g/mol. The maximum Gasteiger partial charge on any atom is 0.310 e. The Kier molecular flexibility index (Phi) is 4.60. The molecule has 3 aromatic rings. The zero-order chi connectivity index (χ0) is 20.8. The van der Waals surface area contributed by atoms with Crippen LogP contribution >= 0.6 is 0 Å². The van der Waals surface area contributed by atoms with Crippen molar-refractivity contribution in [3.8, 4) is 17.4 Å². The summed E-state index contributed by atoms with van der Waals surface area (Å²) in [5.41, 5.74) is 4.18. The summed E-state index contributed by atoms with van der Waals surface area (Å²) in [7, 11) is -0.667. The molecule has 1 aromatic heterocycles. The van der Waals surface area contributed by atoms with Crippen molar-refractivity contribution < 1.29 is 17.9 Å². The van der Waals surface area contributed by atoms with E-state index >= 15 is 0 Å². The maximum atomic E-state index is 12.4. The van der Waals surface area contributed by atoms with E-state index in [-0.39, 0.29) is 22.4 Å². The van der Waals surface area contributed by atoms with E-state index in [4.69, 9.17) is 4.42 Å². The summed E-state index contributed by atoms with van der Waals surface area (Å²) in [5, 5.41) is 10.3. The molecule has 1 aliphatic rings. The fourth-order valence-corrected chi connectivity index (χ4v) is 4.04. The van der Waals surface area contributed by atoms with Gasteiger partial charge in [0.1, 0.15) is 5.69 Å². The van der Waals surface area contributed by atoms with Gasteiger partial charge in [0, 0.05) is 36.5 Å². The largest absolute Gasteiger partial charge is 0.479 e. The minimum Gasteiger partial charge on any atom is -0.479 e. The molecule has 0 fully saturated rings. The Morgan fingerprint density at radius 2 is 1.86 bits per heavy atom. The zero-order valence-electron chi connectivity index (χ0n) is 16.1. The Morgan fingerprint density at radius 1 is 1.10 bits per heavy atom. The summed E-state index contributed by atoms with van der Waals surface area (Å²) in [4.78, 5) is 8.99. The Bertz CT molecular complexity index is 1270. The van der Waals surface area contributed by atoms with Gasteiger partial charge in [0.05, 0.1) is 10.6 Å². The lowest BCUT2D eigenvalue weighted by Crippen LogP contribution is -2.22. The van der Waals surface area contributed by atoms with Gasteiger partial charge in [-0.05, 0) is 37.3 Å². The number of aromatic nitrogens is 1. The third-order valence-corrected chi connectivity index (χ3v) is 6.46. The number of fused-ring (bicyclic) bond motifs is 1. The van der Waals surface area contributed by atoms with Gasteiger partial charge in [0.15, 0.2) is 0 Å². The Labute approximate surface area is 168 Å². The number of para-hydroxylation sites is 1. The number of aliphatic imine (C=N–C) groups is 1. The quantitative estimate of drug-likeness (QED) is 0.704. The monoisotopic (exact) mass is 409 g/mol. The molecule has 2 aromatic carbocycles. The summed E-state index contributed by atoms with van der Waals surface area (Å²) in [6, 6.07) is 14.0. The summed E-state index contributed by atoms with van der Waals surface area (Å²) >= 11 is 0. The fraction of sp³-hybridized carbons (Fsp3) is 0.143. The molecule has 7 nitrogen and oxygen atoms in total. The molecule has 0 saturated heterocycles. The third-order valence-electron chi connectivity index (χ3n) is 4.65. The van der Waals surface area contributed by atoms with E-state index in [1.54, 1.807) is 18.2 Å². The molecular formula is C21H19N3O4S. The molecule has 1 aliphatic heterocycles. The second kappa shape index (κ2) is 6.98. The number of hydrogen-bond acceptors (Lipinski definition) is 6. The van der Waals surface area contributed by atoms with Crippen LogP contribution in [0.3, 0.4) is 0 Å². The van der Waals surface area contributed by atoms with E-state index in [9.17, 15) is 13.5 Å². The highest BCUT2D eigenvalue weighted by Crippen LogP contribution is 2.37. The van der Waals surface area contributed by atoms with Crippen molar-refractivity contribution in [2.24, 2.45) is 4.99 Å². The molecule has 0 spiro atoms. The van der Waals surface area contributed by atoms with E-state index in [0.717, 1.165) is 26.8 Å². The van der Waals surface area contributed by atoms with Gasteiger partial charge in [-0.15, -0.1) is 0 Å². The van der Waals surface area contributed by atoms with E-state index in [0.29, 0.717) is 5.56 Å². The van der Waals surface area contributed by atoms with Crippen LogP contribution in [-0.2, 0) is 10.0 Å². The van der Waals surface area contributed by atoms with Crippen molar-refractivity contribution in [1.82, 2.24) is 9.29 Å². The van der Waals surface area contributed by atoms with Gasteiger partial charge in [-0.25, -0.2) is 17.7 Å². The highest BCUT2D eigenvalue weighted by Gasteiger charge is 2.22. The first-order valence-electron chi connectivity index (χ1n) is 8.87. The normalized spacial score (nSPS) is 15.0. The molecule has 148 valence electrons. The summed E-state index contributed by atoms with van der Waals surface area (Å²) in [6.45, 7) is 1.89. The van der Waals surface area contributed by atoms with Crippen molar-refractivity contribution in [3.05, 3.63) is 59.8 Å². The van der Waals surface area contributed by atoms with Crippen LogP contribution in [0.2, 0.25) is 0 Å². The first kappa shape index (κ1) is 19.1. The molecule has 0 bridgehead atoms. The van der Waals surface area contributed by atoms with E-state index < -0.39 is 10.0 Å². The number of benzene rings is 2. The fourth-order valence-electron chi connectivity index (χ4n) is 3.10. The molecule has 29 heavy (non-hydrogen) atoms. The number of hydrogen-bond donors (Lipinski definition) is 1. The SMILES string of the molecule is CC1=Nc2ccccc2/C1=C/c1nc(-c2cccc(S(=O)(=O)N(C)C)c2)oc1O. The number of allylic oxidation sites excluding steroid dienone is 1. The molecule has 8 heteroatoms. The van der Waals surface area contributed by atoms with Crippen LogP contribution in [0, 0.1) is 0 Å². The first-order chi connectivity index (χ1) is 13.8. The maximum absolute atomic E-state index is 12.4. The van der Waals surface area contributed by atoms with Gasteiger partial charge < -0.3 is 9.52 Å². The standard InChI is InChI=1S/C21H19N3O4S/c1-13-17(16-9-4-5-10-18(16)22-13)12-19-21(25)28-20(23-19)14-7-6-8-15(11-14)29(26,27)24(2)3/h4-12,25H,1-3H3/b17-12+. The van der Waals surface area contributed by atoms with Gasteiger partial charge in [-0.3, -0.25) is 4.99 Å².